The number of hydrogen-bond donors (Lipinski definition) is 1. The molecule has 0 radical (unpaired) electrons. The molecule has 1 aromatic heterocycles. The Morgan fingerprint density at radius 1 is 1.13 bits per heavy atom. The standard InChI is InChI=1S/C22H27N3O4S/c1-6-25(7-2)30(27,28)17-10-8-15(5)18(13-17)21(26)23-16-9-11-20-19(12-16)24-22(29-20)14(3)4/h8-14H,6-7H2,1-5H3,(H,23,26). The summed E-state index contributed by atoms with van der Waals surface area (Å²) in [4.78, 5) is 17.5. The highest BCUT2D eigenvalue weighted by molar-refractivity contribution is 7.89. The summed E-state index contributed by atoms with van der Waals surface area (Å²) in [6, 6.07) is 9.87. The van der Waals surface area contributed by atoms with Crippen LogP contribution < -0.4 is 5.32 Å². The van der Waals surface area contributed by atoms with E-state index in [2.05, 4.69) is 10.3 Å². The number of carbonyl (C=O) groups is 1. The van der Waals surface area contributed by atoms with E-state index >= 15 is 0 Å². The largest absolute Gasteiger partial charge is 0.440 e. The summed E-state index contributed by atoms with van der Waals surface area (Å²) in [6.45, 7) is 10.1. The van der Waals surface area contributed by atoms with Gasteiger partial charge in [0, 0.05) is 30.3 Å². The summed E-state index contributed by atoms with van der Waals surface area (Å²) in [5.74, 6) is 0.420. The average molecular weight is 430 g/mol. The molecule has 0 aliphatic carbocycles. The van der Waals surface area contributed by atoms with Gasteiger partial charge in [0.05, 0.1) is 4.90 Å². The molecule has 0 unspecified atom stereocenters. The van der Waals surface area contributed by atoms with Crippen LogP contribution in [0.1, 0.15) is 55.4 Å². The average Bonchev–Trinajstić information content (AvgIpc) is 3.12. The number of benzene rings is 2. The zero-order valence-electron chi connectivity index (χ0n) is 17.9. The highest BCUT2D eigenvalue weighted by Crippen LogP contribution is 2.25. The highest BCUT2D eigenvalue weighted by atomic mass is 32.2. The molecular formula is C22H27N3O4S. The third-order valence-electron chi connectivity index (χ3n) is 4.95. The number of aryl methyl sites for hydroxylation is 1. The Kier molecular flexibility index (Phi) is 6.28. The van der Waals surface area contributed by atoms with E-state index in [-0.39, 0.29) is 16.7 Å². The second kappa shape index (κ2) is 8.57. The van der Waals surface area contributed by atoms with Gasteiger partial charge in [-0.3, -0.25) is 4.79 Å². The number of anilines is 1. The van der Waals surface area contributed by atoms with Crippen LogP contribution in [0.25, 0.3) is 11.1 Å². The number of nitrogens with zero attached hydrogens (tertiary/aromatic N) is 2. The number of sulfonamides is 1. The molecule has 0 fully saturated rings. The first-order valence-corrected chi connectivity index (χ1v) is 11.4. The number of amides is 1. The Bertz CT molecular complexity index is 1180. The summed E-state index contributed by atoms with van der Waals surface area (Å²) >= 11 is 0. The van der Waals surface area contributed by atoms with Gasteiger partial charge in [0.2, 0.25) is 10.0 Å². The molecule has 3 aromatic rings. The van der Waals surface area contributed by atoms with Crippen molar-refractivity contribution in [3.8, 4) is 0 Å². The number of rotatable bonds is 7. The summed E-state index contributed by atoms with van der Waals surface area (Å²) in [7, 11) is -3.65. The lowest BCUT2D eigenvalue weighted by atomic mass is 10.1. The topological polar surface area (TPSA) is 92.5 Å². The molecule has 0 atom stereocenters. The fraction of sp³-hybridized carbons (Fsp3) is 0.364. The third-order valence-corrected chi connectivity index (χ3v) is 7.00. The van der Waals surface area contributed by atoms with Gasteiger partial charge in [-0.2, -0.15) is 4.31 Å². The van der Waals surface area contributed by atoms with Crippen LogP contribution in [-0.4, -0.2) is 36.7 Å². The fourth-order valence-electron chi connectivity index (χ4n) is 3.19. The van der Waals surface area contributed by atoms with Crippen LogP contribution in [0, 0.1) is 6.92 Å². The summed E-state index contributed by atoms with van der Waals surface area (Å²) in [6.07, 6.45) is 0. The van der Waals surface area contributed by atoms with Crippen molar-refractivity contribution in [1.82, 2.24) is 9.29 Å². The van der Waals surface area contributed by atoms with Gasteiger partial charge in [0.1, 0.15) is 5.52 Å². The first kappa shape index (κ1) is 22.0. The second-order valence-electron chi connectivity index (χ2n) is 7.41. The molecule has 2 aromatic carbocycles. The molecule has 0 saturated carbocycles. The molecule has 1 amide bonds. The van der Waals surface area contributed by atoms with Crippen molar-refractivity contribution in [2.75, 3.05) is 18.4 Å². The highest BCUT2D eigenvalue weighted by Gasteiger charge is 2.23. The van der Waals surface area contributed by atoms with Crippen LogP contribution in [0.2, 0.25) is 0 Å². The monoisotopic (exact) mass is 429 g/mol. The maximum atomic E-state index is 12.9. The minimum Gasteiger partial charge on any atom is -0.440 e. The first-order valence-electron chi connectivity index (χ1n) is 10.00. The first-order chi connectivity index (χ1) is 14.2. The SMILES string of the molecule is CCN(CC)S(=O)(=O)c1ccc(C)c(C(=O)Nc2ccc3oc(C(C)C)nc3c2)c1. The van der Waals surface area contributed by atoms with Crippen LogP contribution in [0.15, 0.2) is 45.7 Å². The summed E-state index contributed by atoms with van der Waals surface area (Å²) in [5, 5.41) is 2.84. The van der Waals surface area contributed by atoms with E-state index in [0.29, 0.717) is 46.9 Å². The van der Waals surface area contributed by atoms with E-state index in [9.17, 15) is 13.2 Å². The molecule has 0 aliphatic rings. The molecule has 3 rings (SSSR count). The fourth-order valence-corrected chi connectivity index (χ4v) is 4.67. The lowest BCUT2D eigenvalue weighted by Gasteiger charge is -2.19. The van der Waals surface area contributed by atoms with Gasteiger partial charge in [-0.15, -0.1) is 0 Å². The third kappa shape index (κ3) is 4.24. The molecule has 8 heteroatoms. The van der Waals surface area contributed by atoms with Crippen molar-refractivity contribution in [3.63, 3.8) is 0 Å². The second-order valence-corrected chi connectivity index (χ2v) is 9.35. The van der Waals surface area contributed by atoms with Crippen molar-refractivity contribution in [3.05, 3.63) is 53.4 Å². The normalized spacial score (nSPS) is 12.1. The zero-order chi connectivity index (χ0) is 22.1. The predicted octanol–water partition coefficient (Wildman–Crippen LogP) is 4.54. The van der Waals surface area contributed by atoms with Gasteiger partial charge in [0.25, 0.3) is 5.91 Å². The van der Waals surface area contributed by atoms with Gasteiger partial charge in [-0.25, -0.2) is 13.4 Å². The Labute approximate surface area is 177 Å². The number of fused-ring (bicyclic) bond motifs is 1. The van der Waals surface area contributed by atoms with Crippen molar-refractivity contribution < 1.29 is 17.6 Å². The number of aromatic nitrogens is 1. The summed E-state index contributed by atoms with van der Waals surface area (Å²) < 4.78 is 32.7. The van der Waals surface area contributed by atoms with E-state index in [1.807, 2.05) is 13.8 Å². The molecule has 0 spiro atoms. The smallest absolute Gasteiger partial charge is 0.255 e. The number of nitrogens with one attached hydrogen (secondary N) is 1. The quantitative estimate of drug-likeness (QED) is 0.595. The molecule has 7 nitrogen and oxygen atoms in total. The van der Waals surface area contributed by atoms with Gasteiger partial charge in [0.15, 0.2) is 11.5 Å². The maximum absolute atomic E-state index is 12.9. The predicted molar refractivity (Wildman–Crippen MR) is 117 cm³/mol. The molecule has 1 heterocycles. The Balaban J connectivity index is 1.91. The molecule has 0 aliphatic heterocycles. The van der Waals surface area contributed by atoms with E-state index in [0.717, 1.165) is 0 Å². The minimum atomic E-state index is -3.65. The van der Waals surface area contributed by atoms with E-state index in [4.69, 9.17) is 4.42 Å². The molecule has 0 bridgehead atoms. The zero-order valence-corrected chi connectivity index (χ0v) is 18.7. The van der Waals surface area contributed by atoms with Crippen molar-refractivity contribution in [2.24, 2.45) is 0 Å². The lowest BCUT2D eigenvalue weighted by Crippen LogP contribution is -2.30. The van der Waals surface area contributed by atoms with Crippen molar-refractivity contribution in [1.29, 1.82) is 0 Å². The van der Waals surface area contributed by atoms with Gasteiger partial charge in [-0.1, -0.05) is 33.8 Å². The van der Waals surface area contributed by atoms with E-state index in [1.54, 1.807) is 45.0 Å². The Morgan fingerprint density at radius 3 is 2.47 bits per heavy atom. The van der Waals surface area contributed by atoms with Crippen LogP contribution in [0.3, 0.4) is 0 Å². The minimum absolute atomic E-state index is 0.107. The molecule has 30 heavy (non-hydrogen) atoms. The molecule has 160 valence electrons. The van der Waals surface area contributed by atoms with Crippen LogP contribution in [0.4, 0.5) is 5.69 Å². The number of carbonyl (C=O) groups excluding carboxylic acids is 1. The van der Waals surface area contributed by atoms with Gasteiger partial charge in [-0.05, 0) is 42.8 Å². The lowest BCUT2D eigenvalue weighted by molar-refractivity contribution is 0.102. The van der Waals surface area contributed by atoms with Crippen LogP contribution in [-0.2, 0) is 10.0 Å². The van der Waals surface area contributed by atoms with Crippen molar-refractivity contribution >= 4 is 32.7 Å². The van der Waals surface area contributed by atoms with Crippen molar-refractivity contribution in [2.45, 2.75) is 45.4 Å². The van der Waals surface area contributed by atoms with Crippen LogP contribution in [0.5, 0.6) is 0 Å². The van der Waals surface area contributed by atoms with E-state index in [1.165, 1.54) is 16.4 Å². The van der Waals surface area contributed by atoms with E-state index < -0.39 is 10.0 Å². The molecule has 0 saturated heterocycles. The maximum Gasteiger partial charge on any atom is 0.255 e. The van der Waals surface area contributed by atoms with Gasteiger partial charge >= 0.3 is 0 Å². The number of hydrogen-bond acceptors (Lipinski definition) is 5. The molecular weight excluding hydrogens is 402 g/mol. The molecule has 1 N–H and O–H groups in total. The van der Waals surface area contributed by atoms with Gasteiger partial charge < -0.3 is 9.73 Å². The van der Waals surface area contributed by atoms with Crippen LogP contribution >= 0.6 is 0 Å². The Morgan fingerprint density at radius 2 is 1.83 bits per heavy atom. The Hall–Kier alpha value is -2.71. The summed E-state index contributed by atoms with van der Waals surface area (Å²) in [5.41, 5.74) is 2.88. The number of oxazole rings is 1.